The number of amides is 1. The fourth-order valence-corrected chi connectivity index (χ4v) is 5.54. The number of anilines is 2. The van der Waals surface area contributed by atoms with Gasteiger partial charge in [0.25, 0.3) is 5.91 Å². The molecule has 1 N–H and O–H groups in total. The van der Waals surface area contributed by atoms with Crippen molar-refractivity contribution < 1.29 is 4.79 Å². The van der Waals surface area contributed by atoms with E-state index in [0.29, 0.717) is 16.0 Å². The molecule has 1 aromatic heterocycles. The van der Waals surface area contributed by atoms with E-state index in [0.717, 1.165) is 26.9 Å². The number of aromatic amines is 1. The number of H-pyrrole nitrogens is 1. The van der Waals surface area contributed by atoms with E-state index in [4.69, 9.17) is 0 Å². The molecule has 0 atom stereocenters. The maximum absolute atomic E-state index is 13.5. The van der Waals surface area contributed by atoms with Crippen LogP contribution in [0.15, 0.2) is 74.7 Å². The number of aromatic nitrogens is 3. The number of aryl methyl sites for hydroxylation is 1. The molecule has 5 rings (SSSR count). The third kappa shape index (κ3) is 3.12. The van der Waals surface area contributed by atoms with Crippen LogP contribution in [0.4, 0.5) is 17.3 Å². The SMILES string of the molecule is Cc1cccc(N2C(=O)C(=C3Sc4ccccc4N3C)SC2=Nc2ncn[nH]2)c1. The predicted molar refractivity (Wildman–Crippen MR) is 117 cm³/mol. The van der Waals surface area contributed by atoms with E-state index in [-0.39, 0.29) is 5.91 Å². The normalized spacial score (nSPS) is 20.1. The van der Waals surface area contributed by atoms with Gasteiger partial charge in [0.05, 0.1) is 16.4 Å². The summed E-state index contributed by atoms with van der Waals surface area (Å²) in [5.41, 5.74) is 2.94. The molecule has 1 amide bonds. The smallest absolute Gasteiger partial charge is 0.274 e. The minimum absolute atomic E-state index is 0.0963. The molecular formula is C20H16N6OS2. The summed E-state index contributed by atoms with van der Waals surface area (Å²) in [5, 5.41) is 8.04. The van der Waals surface area contributed by atoms with E-state index in [9.17, 15) is 4.79 Å². The summed E-state index contributed by atoms with van der Waals surface area (Å²) >= 11 is 2.96. The molecule has 3 aromatic rings. The zero-order valence-corrected chi connectivity index (χ0v) is 17.3. The maximum Gasteiger partial charge on any atom is 0.274 e. The minimum Gasteiger partial charge on any atom is -0.337 e. The summed E-state index contributed by atoms with van der Waals surface area (Å²) in [6.45, 7) is 2.00. The van der Waals surface area contributed by atoms with Crippen molar-refractivity contribution in [1.82, 2.24) is 15.2 Å². The summed E-state index contributed by atoms with van der Waals surface area (Å²) in [5.74, 6) is 0.265. The van der Waals surface area contributed by atoms with Crippen molar-refractivity contribution in [2.75, 3.05) is 16.8 Å². The first kappa shape index (κ1) is 18.0. The summed E-state index contributed by atoms with van der Waals surface area (Å²) in [6, 6.07) is 16.0. The molecule has 1 saturated heterocycles. The van der Waals surface area contributed by atoms with Crippen molar-refractivity contribution in [1.29, 1.82) is 0 Å². The van der Waals surface area contributed by atoms with Gasteiger partial charge < -0.3 is 4.90 Å². The number of rotatable bonds is 2. The van der Waals surface area contributed by atoms with Crippen molar-refractivity contribution >= 4 is 51.9 Å². The van der Waals surface area contributed by atoms with E-state index < -0.39 is 0 Å². The molecule has 29 heavy (non-hydrogen) atoms. The zero-order valence-electron chi connectivity index (χ0n) is 15.7. The number of hydrogen-bond donors (Lipinski definition) is 1. The van der Waals surface area contributed by atoms with Crippen molar-refractivity contribution in [3.63, 3.8) is 0 Å². The maximum atomic E-state index is 13.5. The van der Waals surface area contributed by atoms with E-state index >= 15 is 0 Å². The fraction of sp³-hybridized carbons (Fsp3) is 0.100. The van der Waals surface area contributed by atoms with Crippen molar-refractivity contribution in [2.24, 2.45) is 4.99 Å². The topological polar surface area (TPSA) is 77.5 Å². The zero-order chi connectivity index (χ0) is 20.0. The molecule has 0 spiro atoms. The van der Waals surface area contributed by atoms with Crippen LogP contribution >= 0.6 is 23.5 Å². The molecule has 9 heteroatoms. The lowest BCUT2D eigenvalue weighted by Gasteiger charge is -2.17. The number of benzene rings is 2. The van der Waals surface area contributed by atoms with Crippen LogP contribution < -0.4 is 9.80 Å². The van der Waals surface area contributed by atoms with Crippen molar-refractivity contribution in [3.05, 3.63) is 70.4 Å². The molecule has 144 valence electrons. The van der Waals surface area contributed by atoms with Gasteiger partial charge in [0.1, 0.15) is 11.2 Å². The summed E-state index contributed by atoms with van der Waals surface area (Å²) in [7, 11) is 1.98. The van der Waals surface area contributed by atoms with Crippen LogP contribution in [0, 0.1) is 6.92 Å². The highest BCUT2D eigenvalue weighted by molar-refractivity contribution is 8.20. The number of nitrogens with one attached hydrogen (secondary N) is 1. The molecule has 3 heterocycles. The average molecular weight is 421 g/mol. The summed E-state index contributed by atoms with van der Waals surface area (Å²) < 4.78 is 0. The number of hydrogen-bond acceptors (Lipinski definition) is 7. The Bertz CT molecular complexity index is 1170. The molecular weight excluding hydrogens is 404 g/mol. The number of fused-ring (bicyclic) bond motifs is 1. The van der Waals surface area contributed by atoms with Crippen LogP contribution in [0.3, 0.4) is 0 Å². The Labute approximate surface area is 175 Å². The Kier molecular flexibility index (Phi) is 4.40. The van der Waals surface area contributed by atoms with E-state index in [1.54, 1.807) is 16.7 Å². The molecule has 1 fully saturated rings. The Morgan fingerprint density at radius 3 is 2.72 bits per heavy atom. The number of nitrogens with zero attached hydrogens (tertiary/aromatic N) is 5. The summed E-state index contributed by atoms with van der Waals surface area (Å²) in [4.78, 5) is 27.6. The first-order chi connectivity index (χ1) is 14.1. The third-order valence-electron chi connectivity index (χ3n) is 4.58. The van der Waals surface area contributed by atoms with Crippen LogP contribution in [0.25, 0.3) is 0 Å². The number of carbonyl (C=O) groups excluding carboxylic acids is 1. The molecule has 0 radical (unpaired) electrons. The van der Waals surface area contributed by atoms with Gasteiger partial charge in [-0.2, -0.15) is 15.1 Å². The predicted octanol–water partition coefficient (Wildman–Crippen LogP) is 4.29. The standard InChI is InChI=1S/C20H16N6OS2/c1-12-6-5-7-13(10-12)26-17(27)16(29-20(26)23-19-21-11-22-24-19)18-25(2)14-8-3-4-9-15(14)28-18/h3-11H,1-2H3,(H,21,22,24). The summed E-state index contributed by atoms with van der Waals surface area (Å²) in [6.07, 6.45) is 1.40. The van der Waals surface area contributed by atoms with E-state index in [2.05, 4.69) is 37.2 Å². The molecule has 2 aliphatic rings. The highest BCUT2D eigenvalue weighted by Crippen LogP contribution is 2.50. The third-order valence-corrected chi connectivity index (χ3v) is 6.97. The Balaban J connectivity index is 1.62. The van der Waals surface area contributed by atoms with Crippen LogP contribution in [-0.2, 0) is 4.79 Å². The van der Waals surface area contributed by atoms with Gasteiger partial charge in [-0.15, -0.1) is 0 Å². The second kappa shape index (κ2) is 7.09. The number of aliphatic imine (C=N–C) groups is 1. The molecule has 0 saturated carbocycles. The Hall–Kier alpha value is -3.04. The fourth-order valence-electron chi connectivity index (χ4n) is 3.22. The van der Waals surface area contributed by atoms with Crippen molar-refractivity contribution in [2.45, 2.75) is 11.8 Å². The Morgan fingerprint density at radius 2 is 1.97 bits per heavy atom. The van der Waals surface area contributed by atoms with Crippen LogP contribution in [-0.4, -0.2) is 33.3 Å². The molecule has 0 bridgehead atoms. The highest BCUT2D eigenvalue weighted by atomic mass is 32.2. The molecule has 7 nitrogen and oxygen atoms in total. The van der Waals surface area contributed by atoms with E-state index in [1.165, 1.54) is 18.1 Å². The van der Waals surface area contributed by atoms with Gasteiger partial charge in [-0.3, -0.25) is 9.69 Å². The van der Waals surface area contributed by atoms with Gasteiger partial charge in [0.2, 0.25) is 5.95 Å². The van der Waals surface area contributed by atoms with Gasteiger partial charge in [-0.05, 0) is 48.5 Å². The van der Waals surface area contributed by atoms with Gasteiger partial charge in [0.15, 0.2) is 5.17 Å². The molecule has 0 aliphatic carbocycles. The largest absolute Gasteiger partial charge is 0.337 e. The van der Waals surface area contributed by atoms with Gasteiger partial charge >= 0.3 is 0 Å². The average Bonchev–Trinajstić information content (AvgIpc) is 3.41. The molecule has 2 aromatic carbocycles. The highest BCUT2D eigenvalue weighted by Gasteiger charge is 2.40. The van der Waals surface area contributed by atoms with E-state index in [1.807, 2.05) is 50.4 Å². The quantitative estimate of drug-likeness (QED) is 0.623. The lowest BCUT2D eigenvalue weighted by molar-refractivity contribution is -0.113. The molecule has 0 unspecified atom stereocenters. The lowest BCUT2D eigenvalue weighted by Crippen LogP contribution is -2.29. The first-order valence-electron chi connectivity index (χ1n) is 8.90. The number of amidine groups is 1. The van der Waals surface area contributed by atoms with Crippen molar-refractivity contribution in [3.8, 4) is 0 Å². The van der Waals surface area contributed by atoms with Gasteiger partial charge in [-0.1, -0.05) is 36.0 Å². The van der Waals surface area contributed by atoms with Crippen LogP contribution in [0.1, 0.15) is 5.56 Å². The van der Waals surface area contributed by atoms with Gasteiger partial charge in [0, 0.05) is 11.9 Å². The lowest BCUT2D eigenvalue weighted by atomic mass is 10.2. The second-order valence-electron chi connectivity index (χ2n) is 6.55. The first-order valence-corrected chi connectivity index (χ1v) is 10.5. The minimum atomic E-state index is -0.0963. The van der Waals surface area contributed by atoms with Gasteiger partial charge in [-0.25, -0.2) is 5.10 Å². The Morgan fingerprint density at radius 1 is 1.10 bits per heavy atom. The van der Waals surface area contributed by atoms with Crippen LogP contribution in [0.5, 0.6) is 0 Å². The van der Waals surface area contributed by atoms with Crippen LogP contribution in [0.2, 0.25) is 0 Å². The number of carbonyl (C=O) groups is 1. The number of para-hydroxylation sites is 1. The second-order valence-corrected chi connectivity index (χ2v) is 8.56. The monoisotopic (exact) mass is 420 g/mol. The number of thioether (sulfide) groups is 2. The molecule has 2 aliphatic heterocycles.